The minimum absolute atomic E-state index is 0.398. The van der Waals surface area contributed by atoms with Crippen LogP contribution in [0.3, 0.4) is 0 Å². The molecule has 1 aromatic carbocycles. The maximum Gasteiger partial charge on any atom is 0.241 e. The van der Waals surface area contributed by atoms with Crippen LogP contribution in [0, 0.1) is 0 Å². The van der Waals surface area contributed by atoms with Gasteiger partial charge in [-0.25, -0.2) is 4.98 Å². The summed E-state index contributed by atoms with van der Waals surface area (Å²) in [6.07, 6.45) is 12.2. The van der Waals surface area contributed by atoms with Crippen molar-refractivity contribution in [2.45, 2.75) is 45.4 Å². The third-order valence-electron chi connectivity index (χ3n) is 4.15. The summed E-state index contributed by atoms with van der Waals surface area (Å²) in [6.45, 7) is 2.56. The molecule has 4 nitrogen and oxygen atoms in total. The van der Waals surface area contributed by atoms with Gasteiger partial charge in [-0.2, -0.15) is 0 Å². The second-order valence-electron chi connectivity index (χ2n) is 6.57. The SMILES string of the molecule is CC(C=CCCCCCCCOc1nc2ccccc2cc1Br)=CC(N)=O. The lowest BCUT2D eigenvalue weighted by molar-refractivity contribution is -0.113. The van der Waals surface area contributed by atoms with Crippen LogP contribution in [0.2, 0.25) is 0 Å². The van der Waals surface area contributed by atoms with Gasteiger partial charge in [0.15, 0.2) is 0 Å². The zero-order valence-electron chi connectivity index (χ0n) is 15.8. The highest BCUT2D eigenvalue weighted by molar-refractivity contribution is 9.10. The van der Waals surface area contributed by atoms with Gasteiger partial charge < -0.3 is 10.5 Å². The van der Waals surface area contributed by atoms with Gasteiger partial charge in [0.1, 0.15) is 0 Å². The molecule has 2 rings (SSSR count). The van der Waals surface area contributed by atoms with E-state index in [0.29, 0.717) is 12.5 Å². The summed E-state index contributed by atoms with van der Waals surface area (Å²) in [4.78, 5) is 15.3. The molecule has 0 radical (unpaired) electrons. The van der Waals surface area contributed by atoms with Crippen LogP contribution in [-0.2, 0) is 4.79 Å². The Morgan fingerprint density at radius 3 is 2.74 bits per heavy atom. The van der Waals surface area contributed by atoms with Gasteiger partial charge in [0.2, 0.25) is 11.8 Å². The predicted octanol–water partition coefficient (Wildman–Crippen LogP) is 5.70. The van der Waals surface area contributed by atoms with Crippen LogP contribution >= 0.6 is 15.9 Å². The molecule has 1 heterocycles. The van der Waals surface area contributed by atoms with Crippen LogP contribution in [-0.4, -0.2) is 17.5 Å². The fourth-order valence-electron chi connectivity index (χ4n) is 2.78. The lowest BCUT2D eigenvalue weighted by Crippen LogP contribution is -2.06. The van der Waals surface area contributed by atoms with E-state index in [9.17, 15) is 4.79 Å². The number of hydrogen-bond acceptors (Lipinski definition) is 3. The van der Waals surface area contributed by atoms with Gasteiger partial charge in [-0.05, 0) is 59.8 Å². The highest BCUT2D eigenvalue weighted by Crippen LogP contribution is 2.27. The average Bonchev–Trinajstić information content (AvgIpc) is 2.62. The number of aromatic nitrogens is 1. The minimum Gasteiger partial charge on any atom is -0.477 e. The molecule has 144 valence electrons. The molecule has 0 bridgehead atoms. The topological polar surface area (TPSA) is 65.2 Å². The van der Waals surface area contributed by atoms with Crippen LogP contribution in [0.25, 0.3) is 10.9 Å². The summed E-state index contributed by atoms with van der Waals surface area (Å²) in [7, 11) is 0. The number of unbranched alkanes of at least 4 members (excludes halogenated alkanes) is 5. The van der Waals surface area contributed by atoms with Gasteiger partial charge in [-0.3, -0.25) is 4.79 Å². The molecule has 27 heavy (non-hydrogen) atoms. The van der Waals surface area contributed by atoms with Crippen molar-refractivity contribution in [3.63, 3.8) is 0 Å². The molecular formula is C22H27BrN2O2. The summed E-state index contributed by atoms with van der Waals surface area (Å²) >= 11 is 3.54. The summed E-state index contributed by atoms with van der Waals surface area (Å²) < 4.78 is 6.73. The van der Waals surface area contributed by atoms with E-state index in [1.54, 1.807) is 0 Å². The maximum absolute atomic E-state index is 10.7. The van der Waals surface area contributed by atoms with Gasteiger partial charge in [-0.1, -0.05) is 49.6 Å². The van der Waals surface area contributed by atoms with Crippen molar-refractivity contribution in [3.8, 4) is 5.88 Å². The van der Waals surface area contributed by atoms with Crippen LogP contribution in [0.4, 0.5) is 0 Å². The fraction of sp³-hybridized carbons (Fsp3) is 0.364. The molecule has 1 aromatic heterocycles. The Hall–Kier alpha value is -2.14. The second-order valence-corrected chi connectivity index (χ2v) is 7.42. The number of allylic oxidation sites excluding steroid dienone is 3. The third kappa shape index (κ3) is 7.95. The van der Waals surface area contributed by atoms with E-state index >= 15 is 0 Å². The molecule has 1 amide bonds. The number of fused-ring (bicyclic) bond motifs is 1. The van der Waals surface area contributed by atoms with E-state index < -0.39 is 5.91 Å². The second kappa shape index (κ2) is 11.5. The van der Waals surface area contributed by atoms with Crippen molar-refractivity contribution < 1.29 is 9.53 Å². The molecule has 0 aliphatic rings. The number of benzene rings is 1. The van der Waals surface area contributed by atoms with E-state index in [1.165, 1.54) is 18.9 Å². The summed E-state index contributed by atoms with van der Waals surface area (Å²) in [5.74, 6) is 0.267. The number of carbonyl (C=O) groups is 1. The third-order valence-corrected chi connectivity index (χ3v) is 4.72. The molecule has 0 aliphatic heterocycles. The normalized spacial score (nSPS) is 12.0. The van der Waals surface area contributed by atoms with Crippen molar-refractivity contribution in [1.82, 2.24) is 4.98 Å². The smallest absolute Gasteiger partial charge is 0.241 e. The Morgan fingerprint density at radius 2 is 1.93 bits per heavy atom. The minimum atomic E-state index is -0.398. The predicted molar refractivity (Wildman–Crippen MR) is 115 cm³/mol. The molecule has 0 unspecified atom stereocenters. The molecule has 2 aromatic rings. The van der Waals surface area contributed by atoms with E-state index in [2.05, 4.69) is 27.0 Å². The quantitative estimate of drug-likeness (QED) is 0.282. The number of nitrogens with zero attached hydrogens (tertiary/aromatic N) is 1. The molecule has 0 saturated carbocycles. The molecule has 0 spiro atoms. The Balaban J connectivity index is 1.58. The maximum atomic E-state index is 10.7. The summed E-state index contributed by atoms with van der Waals surface area (Å²) in [5.41, 5.74) is 6.95. The molecule has 5 heteroatoms. The number of rotatable bonds is 11. The van der Waals surface area contributed by atoms with Crippen LogP contribution in [0.15, 0.2) is 58.6 Å². The first kappa shape index (κ1) is 21.2. The van der Waals surface area contributed by atoms with Crippen LogP contribution < -0.4 is 10.5 Å². The van der Waals surface area contributed by atoms with E-state index in [1.807, 2.05) is 43.3 Å². The largest absolute Gasteiger partial charge is 0.477 e. The zero-order valence-corrected chi connectivity index (χ0v) is 17.4. The van der Waals surface area contributed by atoms with Crippen LogP contribution in [0.1, 0.15) is 45.4 Å². The highest BCUT2D eigenvalue weighted by Gasteiger charge is 2.05. The molecule has 0 atom stereocenters. The van der Waals surface area contributed by atoms with Gasteiger partial charge in [0, 0.05) is 11.5 Å². The standard InChI is InChI=1S/C22H27BrN2O2/c1-17(15-21(24)26)11-7-5-3-2-4-6-10-14-27-22-19(23)16-18-12-8-9-13-20(18)25-22/h7-9,11-13,15-16H,2-6,10,14H2,1H3,(H2,24,26). The first-order valence-electron chi connectivity index (χ1n) is 9.38. The summed E-state index contributed by atoms with van der Waals surface area (Å²) in [6, 6.07) is 10.1. The summed E-state index contributed by atoms with van der Waals surface area (Å²) in [5, 5.41) is 1.10. The number of carbonyl (C=O) groups excluding carboxylic acids is 1. The molecule has 2 N–H and O–H groups in total. The Labute approximate surface area is 169 Å². The molecular weight excluding hydrogens is 404 g/mol. The lowest BCUT2D eigenvalue weighted by atomic mass is 10.1. The number of halogens is 1. The highest BCUT2D eigenvalue weighted by atomic mass is 79.9. The van der Waals surface area contributed by atoms with E-state index in [0.717, 1.165) is 46.6 Å². The number of pyridine rings is 1. The number of hydrogen-bond donors (Lipinski definition) is 1. The van der Waals surface area contributed by atoms with Crippen molar-refractivity contribution in [2.75, 3.05) is 6.61 Å². The molecule has 0 saturated heterocycles. The van der Waals surface area contributed by atoms with Crippen molar-refractivity contribution in [2.24, 2.45) is 5.73 Å². The van der Waals surface area contributed by atoms with Gasteiger partial charge in [0.05, 0.1) is 16.6 Å². The Kier molecular flexibility index (Phi) is 9.05. The molecule has 0 aliphatic carbocycles. The van der Waals surface area contributed by atoms with Gasteiger partial charge in [-0.15, -0.1) is 0 Å². The van der Waals surface area contributed by atoms with E-state index in [-0.39, 0.29) is 0 Å². The van der Waals surface area contributed by atoms with Crippen molar-refractivity contribution in [1.29, 1.82) is 0 Å². The van der Waals surface area contributed by atoms with E-state index in [4.69, 9.17) is 10.5 Å². The first-order valence-corrected chi connectivity index (χ1v) is 10.2. The van der Waals surface area contributed by atoms with Gasteiger partial charge >= 0.3 is 0 Å². The number of nitrogens with two attached hydrogens (primary N) is 1. The van der Waals surface area contributed by atoms with Crippen molar-refractivity contribution in [3.05, 3.63) is 58.6 Å². The first-order chi connectivity index (χ1) is 13.1. The fourth-order valence-corrected chi connectivity index (χ4v) is 3.23. The Morgan fingerprint density at radius 1 is 1.19 bits per heavy atom. The average molecular weight is 431 g/mol. The van der Waals surface area contributed by atoms with Crippen LogP contribution in [0.5, 0.6) is 5.88 Å². The van der Waals surface area contributed by atoms with Gasteiger partial charge in [0.25, 0.3) is 0 Å². The number of para-hydroxylation sites is 1. The lowest BCUT2D eigenvalue weighted by Gasteiger charge is -2.08. The zero-order chi connectivity index (χ0) is 19.5. The number of primary amides is 1. The number of amides is 1. The number of ether oxygens (including phenoxy) is 1. The monoisotopic (exact) mass is 430 g/mol. The molecule has 0 fully saturated rings. The Bertz CT molecular complexity index is 815. The van der Waals surface area contributed by atoms with Crippen molar-refractivity contribution >= 4 is 32.7 Å².